The molecule has 0 atom stereocenters. The summed E-state index contributed by atoms with van der Waals surface area (Å²) < 4.78 is 5.43. The van der Waals surface area contributed by atoms with Crippen molar-refractivity contribution < 1.29 is 14.5 Å². The van der Waals surface area contributed by atoms with Gasteiger partial charge in [-0.25, -0.2) is 9.78 Å². The van der Waals surface area contributed by atoms with Crippen LogP contribution in [-0.2, 0) is 0 Å². The highest BCUT2D eigenvalue weighted by Crippen LogP contribution is 2.27. The van der Waals surface area contributed by atoms with E-state index in [1.807, 2.05) is 19.1 Å². The average Bonchev–Trinajstić information content (AvgIpc) is 3.29. The fraction of sp³-hybridized carbons (Fsp3) is 0.0417. The number of nitrogens with zero attached hydrogens (tertiary/aromatic N) is 3. The molecule has 33 heavy (non-hydrogen) atoms. The van der Waals surface area contributed by atoms with Crippen molar-refractivity contribution in [2.24, 2.45) is 5.10 Å². The van der Waals surface area contributed by atoms with E-state index in [0.29, 0.717) is 27.7 Å². The molecule has 0 spiro atoms. The maximum atomic E-state index is 12.3. The molecule has 0 aliphatic rings. The van der Waals surface area contributed by atoms with E-state index in [1.165, 1.54) is 23.5 Å². The van der Waals surface area contributed by atoms with Crippen molar-refractivity contribution in [3.63, 3.8) is 0 Å². The summed E-state index contributed by atoms with van der Waals surface area (Å²) in [5, 5.41) is 17.5. The van der Waals surface area contributed by atoms with Gasteiger partial charge in [0.25, 0.3) is 5.69 Å². The first-order chi connectivity index (χ1) is 16.0. The van der Waals surface area contributed by atoms with Gasteiger partial charge in [0.15, 0.2) is 0 Å². The van der Waals surface area contributed by atoms with E-state index in [2.05, 4.69) is 15.5 Å². The van der Waals surface area contributed by atoms with Gasteiger partial charge in [0.1, 0.15) is 5.75 Å². The first-order valence-electron chi connectivity index (χ1n) is 9.87. The summed E-state index contributed by atoms with van der Waals surface area (Å²) in [7, 11) is 0. The van der Waals surface area contributed by atoms with E-state index >= 15 is 0 Å². The average molecular weight is 458 g/mol. The second-order valence-corrected chi connectivity index (χ2v) is 7.85. The van der Waals surface area contributed by atoms with Gasteiger partial charge in [-0.3, -0.25) is 15.5 Å². The number of nitrogens with one attached hydrogen (secondary N) is 1. The summed E-state index contributed by atoms with van der Waals surface area (Å²) in [6.45, 7) is 1.86. The molecule has 0 bridgehead atoms. The smallest absolute Gasteiger partial charge is 0.343 e. The quantitative estimate of drug-likeness (QED) is 0.125. The van der Waals surface area contributed by atoms with Crippen LogP contribution in [0.3, 0.4) is 0 Å². The minimum absolute atomic E-state index is 0.0149. The number of hydrogen-bond donors (Lipinski definition) is 1. The molecule has 1 heterocycles. The Balaban J connectivity index is 1.36. The van der Waals surface area contributed by atoms with Gasteiger partial charge in [0.2, 0.25) is 5.13 Å². The Morgan fingerprint density at radius 2 is 1.91 bits per heavy atom. The van der Waals surface area contributed by atoms with Crippen LogP contribution >= 0.6 is 11.3 Å². The summed E-state index contributed by atoms with van der Waals surface area (Å²) in [5.41, 5.74) is 6.34. The zero-order chi connectivity index (χ0) is 23.2. The molecular formula is C24H18N4O4S. The number of ether oxygens (including phenoxy) is 1. The molecule has 164 valence electrons. The van der Waals surface area contributed by atoms with Crippen molar-refractivity contribution in [2.45, 2.75) is 6.92 Å². The fourth-order valence-corrected chi connectivity index (χ4v) is 3.65. The molecule has 0 saturated carbocycles. The summed E-state index contributed by atoms with van der Waals surface area (Å²) >= 11 is 1.34. The molecule has 4 aromatic rings. The van der Waals surface area contributed by atoms with Crippen LogP contribution in [0.1, 0.15) is 21.5 Å². The van der Waals surface area contributed by atoms with Crippen LogP contribution in [0.15, 0.2) is 83.3 Å². The van der Waals surface area contributed by atoms with E-state index in [0.717, 1.165) is 11.1 Å². The highest BCUT2D eigenvalue weighted by Gasteiger charge is 2.11. The minimum Gasteiger partial charge on any atom is -0.423 e. The van der Waals surface area contributed by atoms with Crippen molar-refractivity contribution >= 4 is 34.3 Å². The lowest BCUT2D eigenvalue weighted by Crippen LogP contribution is -2.10. The molecule has 1 aromatic heterocycles. The number of nitro groups is 1. The van der Waals surface area contributed by atoms with Gasteiger partial charge in [-0.2, -0.15) is 5.10 Å². The number of thiazole rings is 1. The molecule has 3 aromatic carbocycles. The van der Waals surface area contributed by atoms with Gasteiger partial charge in [0.05, 0.1) is 22.4 Å². The Bertz CT molecular complexity index is 1330. The molecule has 9 heteroatoms. The third-order valence-corrected chi connectivity index (χ3v) is 5.43. The van der Waals surface area contributed by atoms with Crippen molar-refractivity contribution in [3.8, 4) is 17.0 Å². The fourth-order valence-electron chi connectivity index (χ4n) is 2.98. The van der Waals surface area contributed by atoms with Crippen molar-refractivity contribution in [2.75, 3.05) is 5.43 Å². The normalized spacial score (nSPS) is 10.8. The van der Waals surface area contributed by atoms with E-state index in [9.17, 15) is 14.9 Å². The molecule has 0 aliphatic heterocycles. The first kappa shape index (κ1) is 21.8. The maximum Gasteiger partial charge on any atom is 0.343 e. The standard InChI is InChI=1S/C24H18N4O4S/c1-16-5-2-3-8-21(16)23(29)32-20-11-9-17(10-12-20)14-25-27-24-26-22(15-33-24)18-6-4-7-19(13-18)28(30)31/h2-15H,1H3,(H,26,27)/b25-14-. The second kappa shape index (κ2) is 9.84. The molecule has 0 unspecified atom stereocenters. The number of hydrogen-bond acceptors (Lipinski definition) is 8. The maximum absolute atomic E-state index is 12.3. The van der Waals surface area contributed by atoms with Crippen LogP contribution in [0.2, 0.25) is 0 Å². The third kappa shape index (κ3) is 5.46. The van der Waals surface area contributed by atoms with E-state index in [1.54, 1.807) is 60.1 Å². The topological polar surface area (TPSA) is 107 Å². The molecule has 0 radical (unpaired) electrons. The molecule has 0 saturated heterocycles. The number of non-ortho nitro benzene ring substituents is 1. The number of anilines is 1. The number of aromatic nitrogens is 1. The van der Waals surface area contributed by atoms with Gasteiger partial charge >= 0.3 is 5.97 Å². The van der Waals surface area contributed by atoms with E-state index in [-0.39, 0.29) is 5.69 Å². The number of carbonyl (C=O) groups excluding carboxylic acids is 1. The van der Waals surface area contributed by atoms with Crippen LogP contribution in [0, 0.1) is 17.0 Å². The highest BCUT2D eigenvalue weighted by atomic mass is 32.1. The molecular weight excluding hydrogens is 440 g/mol. The zero-order valence-corrected chi connectivity index (χ0v) is 18.3. The van der Waals surface area contributed by atoms with E-state index in [4.69, 9.17) is 4.74 Å². The lowest BCUT2D eigenvalue weighted by atomic mass is 10.1. The predicted molar refractivity (Wildman–Crippen MR) is 128 cm³/mol. The SMILES string of the molecule is Cc1ccccc1C(=O)Oc1ccc(/C=N\Nc2nc(-c3cccc([N+](=O)[O-])c3)cs2)cc1. The van der Waals surface area contributed by atoms with Crippen LogP contribution in [0.4, 0.5) is 10.8 Å². The van der Waals surface area contributed by atoms with Gasteiger partial charge in [0, 0.05) is 23.1 Å². The third-order valence-electron chi connectivity index (χ3n) is 4.69. The van der Waals surface area contributed by atoms with Gasteiger partial charge < -0.3 is 4.74 Å². The predicted octanol–water partition coefficient (Wildman–Crippen LogP) is 5.69. The van der Waals surface area contributed by atoms with Gasteiger partial charge in [-0.1, -0.05) is 30.3 Å². The number of hydrazone groups is 1. The highest BCUT2D eigenvalue weighted by molar-refractivity contribution is 7.14. The molecule has 0 aliphatic carbocycles. The Morgan fingerprint density at radius 1 is 1.12 bits per heavy atom. The van der Waals surface area contributed by atoms with Gasteiger partial charge in [-0.05, 0) is 48.4 Å². The largest absolute Gasteiger partial charge is 0.423 e. The van der Waals surface area contributed by atoms with Crippen molar-refractivity contribution in [1.29, 1.82) is 0 Å². The number of benzene rings is 3. The molecule has 0 fully saturated rings. The summed E-state index contributed by atoms with van der Waals surface area (Å²) in [6.07, 6.45) is 1.61. The monoisotopic (exact) mass is 458 g/mol. The molecule has 4 rings (SSSR count). The molecule has 8 nitrogen and oxygen atoms in total. The number of esters is 1. The Kier molecular flexibility index (Phi) is 6.51. The number of nitro benzene ring substituents is 1. The Labute approximate surface area is 193 Å². The first-order valence-corrected chi connectivity index (χ1v) is 10.7. The molecule has 1 N–H and O–H groups in total. The molecule has 0 amide bonds. The minimum atomic E-state index is -0.436. The van der Waals surface area contributed by atoms with Crippen LogP contribution in [-0.4, -0.2) is 22.1 Å². The van der Waals surface area contributed by atoms with Crippen molar-refractivity contribution in [3.05, 3.63) is 105 Å². The van der Waals surface area contributed by atoms with Crippen molar-refractivity contribution in [1.82, 2.24) is 4.98 Å². The van der Waals surface area contributed by atoms with Crippen LogP contribution in [0.5, 0.6) is 5.75 Å². The Hall–Kier alpha value is -4.37. The van der Waals surface area contributed by atoms with Crippen LogP contribution < -0.4 is 10.2 Å². The number of rotatable bonds is 7. The number of carbonyl (C=O) groups is 1. The van der Waals surface area contributed by atoms with E-state index < -0.39 is 10.9 Å². The van der Waals surface area contributed by atoms with Crippen LogP contribution in [0.25, 0.3) is 11.3 Å². The second-order valence-electron chi connectivity index (χ2n) is 6.99. The lowest BCUT2D eigenvalue weighted by molar-refractivity contribution is -0.384. The lowest BCUT2D eigenvalue weighted by Gasteiger charge is -2.06. The Morgan fingerprint density at radius 3 is 2.67 bits per heavy atom. The zero-order valence-electron chi connectivity index (χ0n) is 17.5. The summed E-state index contributed by atoms with van der Waals surface area (Å²) in [4.78, 5) is 27.2. The van der Waals surface area contributed by atoms with Gasteiger partial charge in [-0.15, -0.1) is 11.3 Å². The summed E-state index contributed by atoms with van der Waals surface area (Å²) in [6, 6.07) is 20.5. The number of aryl methyl sites for hydroxylation is 1. The summed E-state index contributed by atoms with van der Waals surface area (Å²) in [5.74, 6) is 0.0365.